The van der Waals surface area contributed by atoms with E-state index < -0.39 is 12.0 Å². The Morgan fingerprint density at radius 2 is 1.79 bits per heavy atom. The number of hydrogen-bond acceptors (Lipinski definition) is 7. The molecule has 0 fully saturated rings. The first kappa shape index (κ1) is 26.9. The number of aromatic nitrogens is 1. The number of carbonyl (C=O) groups is 1. The highest BCUT2D eigenvalue weighted by Gasteiger charge is 2.35. The molecule has 0 aliphatic carbocycles. The van der Waals surface area contributed by atoms with Gasteiger partial charge in [0.2, 0.25) is 0 Å². The number of rotatable bonds is 7. The van der Waals surface area contributed by atoms with Crippen molar-refractivity contribution < 1.29 is 19.0 Å². The maximum atomic E-state index is 14.0. The summed E-state index contributed by atoms with van der Waals surface area (Å²) in [5.41, 5.74) is 2.93. The molecule has 5 rings (SSSR count). The molecule has 1 atom stereocenters. The van der Waals surface area contributed by atoms with Crippen molar-refractivity contribution in [3.63, 3.8) is 0 Å². The summed E-state index contributed by atoms with van der Waals surface area (Å²) in [5, 5.41) is 0. The first-order valence-electron chi connectivity index (χ1n) is 12.2. The highest BCUT2D eigenvalue weighted by atomic mass is 127. The Morgan fingerprint density at radius 3 is 2.44 bits per heavy atom. The summed E-state index contributed by atoms with van der Waals surface area (Å²) in [6.07, 6.45) is 1.84. The number of esters is 1. The third kappa shape index (κ3) is 5.28. The molecule has 0 saturated heterocycles. The fourth-order valence-corrected chi connectivity index (χ4v) is 6.23. The summed E-state index contributed by atoms with van der Waals surface area (Å²) in [5.74, 6) is 0.922. The van der Waals surface area contributed by atoms with Crippen molar-refractivity contribution in [2.45, 2.75) is 13.0 Å². The van der Waals surface area contributed by atoms with Gasteiger partial charge in [-0.25, -0.2) is 9.79 Å². The van der Waals surface area contributed by atoms with Gasteiger partial charge in [-0.3, -0.25) is 9.36 Å². The van der Waals surface area contributed by atoms with E-state index in [2.05, 4.69) is 22.6 Å². The van der Waals surface area contributed by atoms with Crippen molar-refractivity contribution in [2.75, 3.05) is 20.8 Å². The van der Waals surface area contributed by atoms with Crippen molar-refractivity contribution in [1.29, 1.82) is 0 Å². The van der Waals surface area contributed by atoms with E-state index in [0.29, 0.717) is 26.4 Å². The van der Waals surface area contributed by atoms with Gasteiger partial charge in [0.15, 0.2) is 4.80 Å². The molecule has 9 heteroatoms. The topological polar surface area (TPSA) is 79.1 Å². The first-order chi connectivity index (χ1) is 18.9. The second kappa shape index (κ2) is 11.6. The lowest BCUT2D eigenvalue weighted by Crippen LogP contribution is -2.40. The number of thiazole rings is 1. The van der Waals surface area contributed by atoms with E-state index in [-0.39, 0.29) is 12.2 Å². The van der Waals surface area contributed by atoms with Crippen molar-refractivity contribution >= 4 is 51.7 Å². The normalized spacial score (nSPS) is 15.0. The van der Waals surface area contributed by atoms with E-state index in [1.807, 2.05) is 78.9 Å². The highest BCUT2D eigenvalue weighted by molar-refractivity contribution is 14.1. The number of carbonyl (C=O) groups excluding carboxylic acids is 1. The van der Waals surface area contributed by atoms with Crippen LogP contribution in [0.25, 0.3) is 11.8 Å². The van der Waals surface area contributed by atoms with E-state index in [4.69, 9.17) is 19.2 Å². The van der Waals surface area contributed by atoms with Crippen LogP contribution in [0.1, 0.15) is 29.7 Å². The Bertz CT molecular complexity index is 1740. The molecule has 0 amide bonds. The van der Waals surface area contributed by atoms with E-state index >= 15 is 0 Å². The molecule has 198 valence electrons. The lowest BCUT2D eigenvalue weighted by atomic mass is 9.93. The minimum absolute atomic E-state index is 0.195. The van der Waals surface area contributed by atoms with Crippen LogP contribution in [0.4, 0.5) is 0 Å². The predicted molar refractivity (Wildman–Crippen MR) is 160 cm³/mol. The van der Waals surface area contributed by atoms with E-state index in [9.17, 15) is 9.59 Å². The van der Waals surface area contributed by atoms with Crippen LogP contribution in [0, 0.1) is 3.57 Å². The van der Waals surface area contributed by atoms with Crippen LogP contribution in [-0.4, -0.2) is 31.4 Å². The molecule has 0 unspecified atom stereocenters. The van der Waals surface area contributed by atoms with Crippen molar-refractivity contribution in [3.05, 3.63) is 118 Å². The van der Waals surface area contributed by atoms with E-state index in [0.717, 1.165) is 26.0 Å². The van der Waals surface area contributed by atoms with Crippen molar-refractivity contribution in [3.8, 4) is 11.5 Å². The summed E-state index contributed by atoms with van der Waals surface area (Å²) < 4.78 is 19.3. The number of hydrogen-bond donors (Lipinski definition) is 0. The minimum Gasteiger partial charge on any atom is -0.497 e. The second-order valence-electron chi connectivity index (χ2n) is 8.60. The number of ether oxygens (including phenoxy) is 3. The Hall–Kier alpha value is -3.70. The van der Waals surface area contributed by atoms with Crippen molar-refractivity contribution in [1.82, 2.24) is 4.57 Å². The SMILES string of the molecule is CCOC(=O)C1=C(c2ccccc2)N=c2s/c(=C/c3ccc(OC)c(I)c3)c(=O)n2[C@@H]1c1ccc(OC)cc1. The maximum Gasteiger partial charge on any atom is 0.338 e. The predicted octanol–water partition coefficient (Wildman–Crippen LogP) is 4.56. The molecule has 1 aliphatic heterocycles. The smallest absolute Gasteiger partial charge is 0.338 e. The second-order valence-corrected chi connectivity index (χ2v) is 10.8. The molecule has 1 aromatic heterocycles. The van der Waals surface area contributed by atoms with E-state index in [1.165, 1.54) is 11.3 Å². The highest BCUT2D eigenvalue weighted by Crippen LogP contribution is 2.35. The van der Waals surface area contributed by atoms with Gasteiger partial charge in [0, 0.05) is 5.56 Å². The van der Waals surface area contributed by atoms with Crippen LogP contribution >= 0.6 is 33.9 Å². The molecule has 0 radical (unpaired) electrons. The Kier molecular flexibility index (Phi) is 7.99. The average Bonchev–Trinajstić information content (AvgIpc) is 3.27. The molecule has 0 spiro atoms. The molecule has 1 aliphatic rings. The van der Waals surface area contributed by atoms with Crippen LogP contribution < -0.4 is 24.4 Å². The molecule has 7 nitrogen and oxygen atoms in total. The zero-order valence-corrected chi connectivity index (χ0v) is 24.5. The lowest BCUT2D eigenvalue weighted by Gasteiger charge is -2.26. The monoisotopic (exact) mass is 652 g/mol. The molecule has 2 heterocycles. The average molecular weight is 653 g/mol. The molecule has 39 heavy (non-hydrogen) atoms. The summed E-state index contributed by atoms with van der Waals surface area (Å²) in [6.45, 7) is 1.95. The molecule has 4 aromatic rings. The Morgan fingerprint density at radius 1 is 1.05 bits per heavy atom. The fraction of sp³-hybridized carbons (Fsp3) is 0.167. The van der Waals surface area contributed by atoms with Crippen molar-refractivity contribution in [2.24, 2.45) is 4.99 Å². The van der Waals surface area contributed by atoms with Gasteiger partial charge < -0.3 is 14.2 Å². The third-order valence-electron chi connectivity index (χ3n) is 6.28. The quantitative estimate of drug-likeness (QED) is 0.216. The zero-order chi connectivity index (χ0) is 27.5. The number of methoxy groups -OCH3 is 2. The lowest BCUT2D eigenvalue weighted by molar-refractivity contribution is -0.138. The number of benzene rings is 3. The van der Waals surface area contributed by atoms with Crippen LogP contribution in [0.2, 0.25) is 0 Å². The van der Waals surface area contributed by atoms with Crippen LogP contribution in [-0.2, 0) is 9.53 Å². The molecule has 0 bridgehead atoms. The summed E-state index contributed by atoms with van der Waals surface area (Å²) in [4.78, 5) is 32.8. The van der Waals surface area contributed by atoms with Gasteiger partial charge in [0.25, 0.3) is 5.56 Å². The molecule has 0 N–H and O–H groups in total. The van der Waals surface area contributed by atoms with Crippen LogP contribution in [0.5, 0.6) is 11.5 Å². The third-order valence-corrected chi connectivity index (χ3v) is 8.10. The zero-order valence-electron chi connectivity index (χ0n) is 21.5. The summed E-state index contributed by atoms with van der Waals surface area (Å²) >= 11 is 3.49. The fourth-order valence-electron chi connectivity index (χ4n) is 4.47. The van der Waals surface area contributed by atoms with Gasteiger partial charge >= 0.3 is 5.97 Å². The first-order valence-corrected chi connectivity index (χ1v) is 14.1. The molecule has 0 saturated carbocycles. The van der Waals surface area contributed by atoms with E-state index in [1.54, 1.807) is 25.7 Å². The van der Waals surface area contributed by atoms with Gasteiger partial charge in [-0.2, -0.15) is 0 Å². The van der Waals surface area contributed by atoms with Gasteiger partial charge in [-0.05, 0) is 71.0 Å². The molecule has 3 aromatic carbocycles. The van der Waals surface area contributed by atoms with Gasteiger partial charge in [-0.1, -0.05) is 59.9 Å². The number of fused-ring (bicyclic) bond motifs is 1. The van der Waals surface area contributed by atoms with Gasteiger partial charge in [0.05, 0.1) is 46.2 Å². The standard InChI is InChI=1S/C30H25IN2O5S/c1-4-38-29(35)25-26(19-8-6-5-7-9-19)32-30-33(27(25)20-11-13-21(36-2)14-12-20)28(34)24(39-30)17-18-10-15-23(37-3)22(31)16-18/h5-17,27H,4H2,1-3H3/b24-17+/t27-/m1/s1. The van der Waals surface area contributed by atoms with Crippen LogP contribution in [0.3, 0.4) is 0 Å². The number of nitrogens with zero attached hydrogens (tertiary/aromatic N) is 2. The minimum atomic E-state index is -0.737. The number of halogens is 1. The van der Waals surface area contributed by atoms with Gasteiger partial charge in [-0.15, -0.1) is 0 Å². The Labute approximate surface area is 242 Å². The summed E-state index contributed by atoms with van der Waals surface area (Å²) in [6, 6.07) is 21.8. The molecular formula is C30H25IN2O5S. The summed E-state index contributed by atoms with van der Waals surface area (Å²) in [7, 11) is 3.22. The maximum absolute atomic E-state index is 14.0. The van der Waals surface area contributed by atoms with Gasteiger partial charge in [0.1, 0.15) is 11.5 Å². The molecular weight excluding hydrogens is 627 g/mol. The largest absolute Gasteiger partial charge is 0.497 e. The van der Waals surface area contributed by atoms with Crippen LogP contribution in [0.15, 0.2) is 88.2 Å². The Balaban J connectivity index is 1.79.